The molecule has 82 valence electrons. The minimum absolute atomic E-state index is 0.146. The van der Waals surface area contributed by atoms with Crippen LogP contribution >= 0.6 is 11.6 Å². The lowest BCUT2D eigenvalue weighted by Crippen LogP contribution is -2.18. The highest BCUT2D eigenvalue weighted by Gasteiger charge is 2.18. The van der Waals surface area contributed by atoms with E-state index in [0.29, 0.717) is 6.10 Å². The summed E-state index contributed by atoms with van der Waals surface area (Å²) >= 11 is 5.84. The molecule has 1 aliphatic rings. The van der Waals surface area contributed by atoms with Gasteiger partial charge < -0.3 is 10.1 Å². The highest BCUT2D eigenvalue weighted by Crippen LogP contribution is 2.22. The standard InChI is InChI=1S/C12H16ClNO/c1-9(15-12-6-7-14-8-12)10-2-4-11(13)5-3-10/h2-5,9,12,14H,6-8H2,1H3/t9-,12-/m0/s1. The Morgan fingerprint density at radius 1 is 1.40 bits per heavy atom. The van der Waals surface area contributed by atoms with Crippen LogP contribution in [0, 0.1) is 0 Å². The molecule has 1 aromatic rings. The number of halogens is 1. The van der Waals surface area contributed by atoms with E-state index in [1.165, 1.54) is 5.56 Å². The lowest BCUT2D eigenvalue weighted by atomic mass is 10.1. The van der Waals surface area contributed by atoms with Crippen LogP contribution in [0.15, 0.2) is 24.3 Å². The van der Waals surface area contributed by atoms with E-state index in [1.54, 1.807) is 0 Å². The van der Waals surface area contributed by atoms with E-state index in [0.717, 1.165) is 24.5 Å². The van der Waals surface area contributed by atoms with E-state index in [9.17, 15) is 0 Å². The smallest absolute Gasteiger partial charge is 0.0801 e. The molecule has 2 atom stereocenters. The summed E-state index contributed by atoms with van der Waals surface area (Å²) in [6.45, 7) is 4.12. The first-order valence-corrected chi connectivity index (χ1v) is 5.75. The topological polar surface area (TPSA) is 21.3 Å². The van der Waals surface area contributed by atoms with E-state index in [4.69, 9.17) is 16.3 Å². The molecule has 0 saturated carbocycles. The van der Waals surface area contributed by atoms with Gasteiger partial charge in [0.2, 0.25) is 0 Å². The molecule has 0 spiro atoms. The number of hydrogen-bond donors (Lipinski definition) is 1. The molecule has 2 nitrogen and oxygen atoms in total. The Bertz CT molecular complexity index is 306. The minimum atomic E-state index is 0.146. The molecule has 0 unspecified atom stereocenters. The summed E-state index contributed by atoms with van der Waals surface area (Å²) in [5, 5.41) is 4.06. The third kappa shape index (κ3) is 2.94. The van der Waals surface area contributed by atoms with Crippen molar-refractivity contribution in [3.8, 4) is 0 Å². The first-order chi connectivity index (χ1) is 7.25. The first-order valence-electron chi connectivity index (χ1n) is 5.37. The third-order valence-electron chi connectivity index (χ3n) is 2.75. The molecule has 1 saturated heterocycles. The maximum Gasteiger partial charge on any atom is 0.0801 e. The number of rotatable bonds is 3. The van der Waals surface area contributed by atoms with E-state index in [-0.39, 0.29) is 6.10 Å². The average molecular weight is 226 g/mol. The largest absolute Gasteiger partial charge is 0.369 e. The van der Waals surface area contributed by atoms with E-state index in [1.807, 2.05) is 24.3 Å². The van der Waals surface area contributed by atoms with Crippen LogP contribution in [0.3, 0.4) is 0 Å². The van der Waals surface area contributed by atoms with Gasteiger partial charge in [-0.2, -0.15) is 0 Å². The number of nitrogens with one attached hydrogen (secondary N) is 1. The normalized spacial score (nSPS) is 22.9. The van der Waals surface area contributed by atoms with Crippen molar-refractivity contribution in [1.82, 2.24) is 5.32 Å². The molecule has 1 fully saturated rings. The van der Waals surface area contributed by atoms with Crippen LogP contribution in [0.4, 0.5) is 0 Å². The van der Waals surface area contributed by atoms with Crippen LogP contribution in [0.2, 0.25) is 5.02 Å². The molecule has 2 rings (SSSR count). The van der Waals surface area contributed by atoms with E-state index < -0.39 is 0 Å². The Morgan fingerprint density at radius 2 is 2.13 bits per heavy atom. The van der Waals surface area contributed by atoms with Gasteiger partial charge in [0, 0.05) is 11.6 Å². The SMILES string of the molecule is C[C@H](O[C@H]1CCNC1)c1ccc(Cl)cc1. The van der Waals surface area contributed by atoms with Crippen molar-refractivity contribution in [3.05, 3.63) is 34.9 Å². The summed E-state index contributed by atoms with van der Waals surface area (Å²) in [4.78, 5) is 0. The second-order valence-corrected chi connectivity index (χ2v) is 4.38. The Balaban J connectivity index is 1.94. The van der Waals surface area contributed by atoms with Crippen molar-refractivity contribution in [2.24, 2.45) is 0 Å². The predicted octanol–water partition coefficient (Wildman–Crippen LogP) is 2.78. The van der Waals surface area contributed by atoms with Gasteiger partial charge in [0.1, 0.15) is 0 Å². The second kappa shape index (κ2) is 4.97. The second-order valence-electron chi connectivity index (χ2n) is 3.94. The van der Waals surface area contributed by atoms with Gasteiger partial charge in [-0.3, -0.25) is 0 Å². The fourth-order valence-electron chi connectivity index (χ4n) is 1.85. The van der Waals surface area contributed by atoms with Gasteiger partial charge in [0.05, 0.1) is 12.2 Å². The summed E-state index contributed by atoms with van der Waals surface area (Å²) in [7, 11) is 0. The van der Waals surface area contributed by atoms with Crippen LogP contribution in [-0.2, 0) is 4.74 Å². The maximum atomic E-state index is 5.93. The zero-order chi connectivity index (χ0) is 10.7. The van der Waals surface area contributed by atoms with Crippen LogP contribution in [0.25, 0.3) is 0 Å². The zero-order valence-electron chi connectivity index (χ0n) is 8.87. The monoisotopic (exact) mass is 225 g/mol. The number of hydrogen-bond acceptors (Lipinski definition) is 2. The van der Waals surface area contributed by atoms with Crippen molar-refractivity contribution in [2.75, 3.05) is 13.1 Å². The molecule has 3 heteroatoms. The molecule has 1 N–H and O–H groups in total. The average Bonchev–Trinajstić information content (AvgIpc) is 2.71. The molecule has 0 radical (unpaired) electrons. The van der Waals surface area contributed by atoms with Crippen molar-refractivity contribution in [3.63, 3.8) is 0 Å². The van der Waals surface area contributed by atoms with Crippen LogP contribution in [0.1, 0.15) is 25.0 Å². The van der Waals surface area contributed by atoms with Crippen molar-refractivity contribution in [1.29, 1.82) is 0 Å². The van der Waals surface area contributed by atoms with Crippen molar-refractivity contribution >= 4 is 11.6 Å². The lowest BCUT2D eigenvalue weighted by molar-refractivity contribution is 0.00829. The molecular formula is C12H16ClNO. The summed E-state index contributed by atoms with van der Waals surface area (Å²) in [5.41, 5.74) is 1.19. The van der Waals surface area contributed by atoms with E-state index in [2.05, 4.69) is 12.2 Å². The Labute approximate surface area is 95.6 Å². The Hall–Kier alpha value is -0.570. The fraction of sp³-hybridized carbons (Fsp3) is 0.500. The van der Waals surface area contributed by atoms with Gasteiger partial charge in [0.25, 0.3) is 0 Å². The van der Waals surface area contributed by atoms with Crippen LogP contribution in [-0.4, -0.2) is 19.2 Å². The summed E-state index contributed by atoms with van der Waals surface area (Å²) in [5.74, 6) is 0. The molecule has 1 aromatic carbocycles. The molecule has 0 aromatic heterocycles. The van der Waals surface area contributed by atoms with Gasteiger partial charge in [-0.1, -0.05) is 23.7 Å². The van der Waals surface area contributed by atoms with Crippen LogP contribution < -0.4 is 5.32 Å². The molecule has 0 amide bonds. The number of benzene rings is 1. The first kappa shape index (κ1) is 10.9. The molecule has 0 bridgehead atoms. The summed E-state index contributed by atoms with van der Waals surface area (Å²) in [6, 6.07) is 7.86. The van der Waals surface area contributed by atoms with Gasteiger partial charge in [-0.05, 0) is 37.6 Å². The number of ether oxygens (including phenoxy) is 1. The maximum absolute atomic E-state index is 5.93. The minimum Gasteiger partial charge on any atom is -0.369 e. The Morgan fingerprint density at radius 3 is 2.73 bits per heavy atom. The van der Waals surface area contributed by atoms with Crippen molar-refractivity contribution in [2.45, 2.75) is 25.6 Å². The lowest BCUT2D eigenvalue weighted by Gasteiger charge is -2.18. The molecule has 1 aliphatic heterocycles. The van der Waals surface area contributed by atoms with Gasteiger partial charge in [0.15, 0.2) is 0 Å². The molecule has 15 heavy (non-hydrogen) atoms. The molecule has 1 heterocycles. The third-order valence-corrected chi connectivity index (χ3v) is 3.00. The van der Waals surface area contributed by atoms with Gasteiger partial charge in [-0.25, -0.2) is 0 Å². The van der Waals surface area contributed by atoms with Gasteiger partial charge in [-0.15, -0.1) is 0 Å². The highest BCUT2D eigenvalue weighted by atomic mass is 35.5. The van der Waals surface area contributed by atoms with Crippen molar-refractivity contribution < 1.29 is 4.74 Å². The molecule has 0 aliphatic carbocycles. The van der Waals surface area contributed by atoms with Crippen LogP contribution in [0.5, 0.6) is 0 Å². The summed E-state index contributed by atoms with van der Waals surface area (Å²) in [6.07, 6.45) is 1.61. The Kier molecular flexibility index (Phi) is 3.62. The zero-order valence-corrected chi connectivity index (χ0v) is 9.63. The van der Waals surface area contributed by atoms with Gasteiger partial charge >= 0.3 is 0 Å². The summed E-state index contributed by atoms with van der Waals surface area (Å²) < 4.78 is 5.93. The van der Waals surface area contributed by atoms with E-state index >= 15 is 0 Å². The quantitative estimate of drug-likeness (QED) is 0.854. The molecular weight excluding hydrogens is 210 g/mol. The fourth-order valence-corrected chi connectivity index (χ4v) is 1.97. The highest BCUT2D eigenvalue weighted by molar-refractivity contribution is 6.30. The predicted molar refractivity (Wildman–Crippen MR) is 62.2 cm³/mol.